The normalized spacial score (nSPS) is 22.0. The minimum atomic E-state index is -0.345. The first-order valence-corrected chi connectivity index (χ1v) is 7.35. The van der Waals surface area contributed by atoms with Crippen LogP contribution in [0.25, 0.3) is 11.0 Å². The molecule has 2 unspecified atom stereocenters. The number of benzene rings is 1. The Balaban J connectivity index is 1.81. The van der Waals surface area contributed by atoms with Crippen LogP contribution in [0.5, 0.6) is 0 Å². The monoisotopic (exact) mass is 292 g/mol. The van der Waals surface area contributed by atoms with Gasteiger partial charge >= 0.3 is 0 Å². The average Bonchev–Trinajstić information content (AvgIpc) is 2.89. The van der Waals surface area contributed by atoms with Crippen molar-refractivity contribution in [2.45, 2.75) is 32.0 Å². The van der Waals surface area contributed by atoms with Crippen LogP contribution in [-0.2, 0) is 4.74 Å². The zero-order valence-electron chi connectivity index (χ0n) is 12.4. The van der Waals surface area contributed by atoms with Gasteiger partial charge in [0.05, 0.1) is 18.8 Å². The van der Waals surface area contributed by atoms with Crippen LogP contribution >= 0.6 is 0 Å². The number of nitrogens with two attached hydrogens (primary N) is 1. The molecule has 1 aromatic heterocycles. The largest absolute Gasteiger partial charge is 0.459 e. The van der Waals surface area contributed by atoms with E-state index in [0.717, 1.165) is 18.5 Å². The topological polar surface area (TPSA) is 51.6 Å². The molecule has 1 aromatic carbocycles. The van der Waals surface area contributed by atoms with Crippen LogP contribution in [0.15, 0.2) is 28.7 Å². The Morgan fingerprint density at radius 2 is 2.14 bits per heavy atom. The van der Waals surface area contributed by atoms with Crippen molar-refractivity contribution in [2.75, 3.05) is 19.7 Å². The summed E-state index contributed by atoms with van der Waals surface area (Å²) in [7, 11) is 0. The fourth-order valence-corrected chi connectivity index (χ4v) is 2.76. The lowest BCUT2D eigenvalue weighted by molar-refractivity contribution is -0.0527. The number of ether oxygens (including phenoxy) is 1. The first kappa shape index (κ1) is 14.5. The molecule has 5 heteroatoms. The van der Waals surface area contributed by atoms with Crippen molar-refractivity contribution in [3.05, 3.63) is 35.8 Å². The van der Waals surface area contributed by atoms with E-state index < -0.39 is 0 Å². The smallest absolute Gasteiger partial charge is 0.134 e. The lowest BCUT2D eigenvalue weighted by Gasteiger charge is -2.37. The van der Waals surface area contributed by atoms with Gasteiger partial charge in [0.15, 0.2) is 0 Å². The van der Waals surface area contributed by atoms with Crippen LogP contribution in [0.4, 0.5) is 4.39 Å². The third-order valence-corrected chi connectivity index (χ3v) is 4.08. The molecule has 0 saturated carbocycles. The zero-order valence-corrected chi connectivity index (χ0v) is 12.4. The number of rotatable bonds is 3. The third-order valence-electron chi connectivity index (χ3n) is 4.08. The summed E-state index contributed by atoms with van der Waals surface area (Å²) in [6.07, 6.45) is -0.105. The van der Waals surface area contributed by atoms with Crippen molar-refractivity contribution in [1.82, 2.24) is 4.90 Å². The van der Waals surface area contributed by atoms with E-state index in [9.17, 15) is 4.39 Å². The van der Waals surface area contributed by atoms with E-state index in [2.05, 4.69) is 18.7 Å². The molecule has 2 heterocycles. The lowest BCUT2D eigenvalue weighted by atomic mass is 10.1. The number of nitrogens with zero attached hydrogens (tertiary/aromatic N) is 1. The SMILES string of the molecule is CC(C)N1CCOC(C(N)c2cc3cc(F)ccc3o2)C1. The zero-order chi connectivity index (χ0) is 15.0. The van der Waals surface area contributed by atoms with Crippen LogP contribution in [0, 0.1) is 5.82 Å². The van der Waals surface area contributed by atoms with Gasteiger partial charge in [0.1, 0.15) is 17.2 Å². The predicted molar refractivity (Wildman–Crippen MR) is 79.5 cm³/mol. The average molecular weight is 292 g/mol. The van der Waals surface area contributed by atoms with E-state index in [1.807, 2.05) is 0 Å². The maximum atomic E-state index is 13.2. The molecule has 1 aliphatic rings. The van der Waals surface area contributed by atoms with E-state index in [1.54, 1.807) is 12.1 Å². The first-order valence-electron chi connectivity index (χ1n) is 7.35. The Labute approximate surface area is 123 Å². The molecule has 2 aromatic rings. The Kier molecular flexibility index (Phi) is 3.97. The molecule has 4 nitrogen and oxygen atoms in total. The van der Waals surface area contributed by atoms with Crippen molar-refractivity contribution < 1.29 is 13.5 Å². The van der Waals surface area contributed by atoms with Gasteiger partial charge in [0, 0.05) is 24.5 Å². The Morgan fingerprint density at radius 3 is 2.90 bits per heavy atom. The van der Waals surface area contributed by atoms with E-state index >= 15 is 0 Å². The minimum Gasteiger partial charge on any atom is -0.459 e. The molecule has 2 N–H and O–H groups in total. The second-order valence-electron chi connectivity index (χ2n) is 5.85. The highest BCUT2D eigenvalue weighted by molar-refractivity contribution is 5.78. The second-order valence-corrected chi connectivity index (χ2v) is 5.85. The molecule has 0 spiro atoms. The van der Waals surface area contributed by atoms with Gasteiger partial charge in [-0.05, 0) is 38.1 Å². The summed E-state index contributed by atoms with van der Waals surface area (Å²) >= 11 is 0. The van der Waals surface area contributed by atoms with E-state index in [-0.39, 0.29) is 18.0 Å². The first-order chi connectivity index (χ1) is 10.0. The van der Waals surface area contributed by atoms with Crippen LogP contribution in [0.3, 0.4) is 0 Å². The molecule has 0 amide bonds. The summed E-state index contributed by atoms with van der Waals surface area (Å²) < 4.78 is 24.8. The quantitative estimate of drug-likeness (QED) is 0.945. The van der Waals surface area contributed by atoms with Crippen LogP contribution in [0.1, 0.15) is 25.6 Å². The van der Waals surface area contributed by atoms with Gasteiger partial charge in [0.2, 0.25) is 0 Å². The Morgan fingerprint density at radius 1 is 1.33 bits per heavy atom. The summed E-state index contributed by atoms with van der Waals surface area (Å²) in [6.45, 7) is 6.71. The van der Waals surface area contributed by atoms with Crippen molar-refractivity contribution in [2.24, 2.45) is 5.73 Å². The number of halogens is 1. The van der Waals surface area contributed by atoms with Crippen molar-refractivity contribution in [3.63, 3.8) is 0 Å². The number of morpholine rings is 1. The standard InChI is InChI=1S/C16H21FN2O2/c1-10(2)19-5-6-20-15(9-19)16(18)14-8-11-7-12(17)3-4-13(11)21-14/h3-4,7-8,10,15-16H,5-6,9,18H2,1-2H3. The highest BCUT2D eigenvalue weighted by Gasteiger charge is 2.29. The van der Waals surface area contributed by atoms with E-state index in [1.165, 1.54) is 12.1 Å². The molecule has 2 atom stereocenters. The van der Waals surface area contributed by atoms with Crippen molar-refractivity contribution >= 4 is 11.0 Å². The fraction of sp³-hybridized carbons (Fsp3) is 0.500. The van der Waals surface area contributed by atoms with Crippen LogP contribution in [0.2, 0.25) is 0 Å². The van der Waals surface area contributed by atoms with Gasteiger partial charge in [-0.3, -0.25) is 4.90 Å². The predicted octanol–water partition coefficient (Wildman–Crippen LogP) is 2.68. The van der Waals surface area contributed by atoms with Gasteiger partial charge in [-0.15, -0.1) is 0 Å². The van der Waals surface area contributed by atoms with Gasteiger partial charge < -0.3 is 14.9 Å². The Hall–Kier alpha value is -1.43. The molecule has 1 fully saturated rings. The van der Waals surface area contributed by atoms with Gasteiger partial charge in [-0.25, -0.2) is 4.39 Å². The summed E-state index contributed by atoms with van der Waals surface area (Å²) in [4.78, 5) is 2.34. The number of hydrogen-bond acceptors (Lipinski definition) is 4. The molecular formula is C16H21FN2O2. The molecule has 0 aliphatic carbocycles. The van der Waals surface area contributed by atoms with E-state index in [4.69, 9.17) is 14.9 Å². The molecule has 21 heavy (non-hydrogen) atoms. The van der Waals surface area contributed by atoms with Gasteiger partial charge in [-0.2, -0.15) is 0 Å². The summed E-state index contributed by atoms with van der Waals surface area (Å²) in [5.74, 6) is 0.370. The molecule has 0 bridgehead atoms. The second kappa shape index (κ2) is 5.75. The molecule has 1 saturated heterocycles. The highest BCUT2D eigenvalue weighted by atomic mass is 19.1. The summed E-state index contributed by atoms with van der Waals surface area (Å²) in [6, 6.07) is 6.40. The third kappa shape index (κ3) is 2.95. The van der Waals surface area contributed by atoms with Crippen molar-refractivity contribution in [1.29, 1.82) is 0 Å². The highest BCUT2D eigenvalue weighted by Crippen LogP contribution is 2.27. The van der Waals surface area contributed by atoms with Crippen molar-refractivity contribution in [3.8, 4) is 0 Å². The number of hydrogen-bond donors (Lipinski definition) is 1. The number of fused-ring (bicyclic) bond motifs is 1. The number of furan rings is 1. The molecule has 3 rings (SSSR count). The summed E-state index contributed by atoms with van der Waals surface area (Å²) in [5.41, 5.74) is 6.95. The maximum absolute atomic E-state index is 13.2. The molecule has 0 radical (unpaired) electrons. The molecule has 114 valence electrons. The van der Waals surface area contributed by atoms with Gasteiger partial charge in [0.25, 0.3) is 0 Å². The van der Waals surface area contributed by atoms with Crippen LogP contribution in [-0.4, -0.2) is 36.7 Å². The minimum absolute atomic E-state index is 0.105. The Bertz CT molecular complexity index is 626. The van der Waals surface area contributed by atoms with Gasteiger partial charge in [-0.1, -0.05) is 0 Å². The lowest BCUT2D eigenvalue weighted by Crippen LogP contribution is -2.49. The molecular weight excluding hydrogens is 271 g/mol. The fourth-order valence-electron chi connectivity index (χ4n) is 2.76. The summed E-state index contributed by atoms with van der Waals surface area (Å²) in [5, 5.41) is 0.733. The van der Waals surface area contributed by atoms with E-state index in [0.29, 0.717) is 24.0 Å². The maximum Gasteiger partial charge on any atom is 0.134 e. The van der Waals surface area contributed by atoms with Crippen LogP contribution < -0.4 is 5.73 Å². The molecule has 1 aliphatic heterocycles.